The fraction of sp³-hybridized carbons (Fsp3) is 0.471. The van der Waals surface area contributed by atoms with Crippen LogP contribution in [0, 0.1) is 5.92 Å². The van der Waals surface area contributed by atoms with E-state index in [-0.39, 0.29) is 18.9 Å². The minimum Gasteiger partial charge on any atom is -0.480 e. The lowest BCUT2D eigenvalue weighted by Crippen LogP contribution is -2.52. The molecule has 1 amide bonds. The second kappa shape index (κ2) is 9.67. The molecule has 7 heteroatoms. The smallest absolute Gasteiger partial charge is 0.326 e. The molecule has 0 bridgehead atoms. The molecule has 0 saturated heterocycles. The number of carboxylic acids is 2. The summed E-state index contributed by atoms with van der Waals surface area (Å²) in [6.45, 7) is 3.35. The zero-order valence-electron chi connectivity index (χ0n) is 13.9. The number of rotatable bonds is 10. The van der Waals surface area contributed by atoms with Crippen LogP contribution in [0.2, 0.25) is 0 Å². The van der Waals surface area contributed by atoms with Crippen molar-refractivity contribution in [1.82, 2.24) is 10.6 Å². The number of carbonyl (C=O) groups is 3. The normalized spacial score (nSPS) is 13.3. The molecule has 0 heterocycles. The number of hydrogen-bond acceptors (Lipinski definition) is 4. The third-order valence-electron chi connectivity index (χ3n) is 3.42. The predicted molar refractivity (Wildman–Crippen MR) is 88.6 cm³/mol. The van der Waals surface area contributed by atoms with Crippen LogP contribution in [0.25, 0.3) is 0 Å². The van der Waals surface area contributed by atoms with E-state index < -0.39 is 29.9 Å². The summed E-state index contributed by atoms with van der Waals surface area (Å²) in [4.78, 5) is 34.5. The number of carboxylic acid groups (broad SMARTS) is 2. The number of carbonyl (C=O) groups excluding carboxylic acids is 1. The van der Waals surface area contributed by atoms with E-state index in [1.54, 1.807) is 0 Å². The Morgan fingerprint density at radius 1 is 1.04 bits per heavy atom. The summed E-state index contributed by atoms with van der Waals surface area (Å²) in [5, 5.41) is 23.2. The molecule has 1 rings (SSSR count). The Balaban J connectivity index is 2.81. The molecule has 2 atom stereocenters. The molecular formula is C17H24N2O5. The van der Waals surface area contributed by atoms with Crippen LogP contribution in [-0.4, -0.2) is 46.7 Å². The quantitative estimate of drug-likeness (QED) is 0.504. The van der Waals surface area contributed by atoms with Crippen molar-refractivity contribution >= 4 is 17.8 Å². The zero-order chi connectivity index (χ0) is 18.1. The third-order valence-corrected chi connectivity index (χ3v) is 3.42. The van der Waals surface area contributed by atoms with Gasteiger partial charge in [-0.1, -0.05) is 44.2 Å². The Kier molecular flexibility index (Phi) is 7.91. The van der Waals surface area contributed by atoms with Gasteiger partial charge < -0.3 is 15.5 Å². The van der Waals surface area contributed by atoms with E-state index in [1.165, 1.54) is 0 Å². The Labute approximate surface area is 141 Å². The number of aliphatic carboxylic acids is 2. The Morgan fingerprint density at radius 3 is 2.17 bits per heavy atom. The van der Waals surface area contributed by atoms with Crippen LogP contribution >= 0.6 is 0 Å². The Morgan fingerprint density at radius 2 is 1.67 bits per heavy atom. The molecule has 4 N–H and O–H groups in total. The molecule has 0 aliphatic carbocycles. The molecule has 7 nitrogen and oxygen atoms in total. The van der Waals surface area contributed by atoms with E-state index in [0.717, 1.165) is 5.56 Å². The molecule has 24 heavy (non-hydrogen) atoms. The molecule has 0 aliphatic heterocycles. The minimum atomic E-state index is -1.10. The largest absolute Gasteiger partial charge is 0.480 e. The van der Waals surface area contributed by atoms with Crippen molar-refractivity contribution in [3.63, 3.8) is 0 Å². The second-order valence-corrected chi connectivity index (χ2v) is 6.05. The highest BCUT2D eigenvalue weighted by Gasteiger charge is 2.26. The van der Waals surface area contributed by atoms with Gasteiger partial charge in [0, 0.05) is 0 Å². The van der Waals surface area contributed by atoms with Crippen molar-refractivity contribution in [2.45, 2.75) is 38.8 Å². The van der Waals surface area contributed by atoms with Crippen LogP contribution in [0.3, 0.4) is 0 Å². The highest BCUT2D eigenvalue weighted by Crippen LogP contribution is 2.07. The van der Waals surface area contributed by atoms with Gasteiger partial charge in [-0.15, -0.1) is 0 Å². The molecule has 0 aromatic heterocycles. The van der Waals surface area contributed by atoms with Crippen LogP contribution in [0.4, 0.5) is 0 Å². The fourth-order valence-electron chi connectivity index (χ4n) is 2.28. The van der Waals surface area contributed by atoms with E-state index in [2.05, 4.69) is 10.6 Å². The lowest BCUT2D eigenvalue weighted by Gasteiger charge is -2.22. The second-order valence-electron chi connectivity index (χ2n) is 6.05. The van der Waals surface area contributed by atoms with Gasteiger partial charge in [0.25, 0.3) is 0 Å². The number of benzene rings is 1. The molecule has 0 saturated carbocycles. The van der Waals surface area contributed by atoms with Gasteiger partial charge in [0.05, 0.1) is 12.6 Å². The summed E-state index contributed by atoms with van der Waals surface area (Å²) in [5.41, 5.74) is 0.853. The van der Waals surface area contributed by atoms with Crippen LogP contribution in [0.5, 0.6) is 0 Å². The predicted octanol–water partition coefficient (Wildman–Crippen LogP) is 0.887. The van der Waals surface area contributed by atoms with E-state index in [4.69, 9.17) is 5.11 Å². The van der Waals surface area contributed by atoms with Gasteiger partial charge in [-0.2, -0.15) is 0 Å². The van der Waals surface area contributed by atoms with Gasteiger partial charge in [-0.25, -0.2) is 4.79 Å². The molecule has 0 spiro atoms. The Bertz CT molecular complexity index is 559. The lowest BCUT2D eigenvalue weighted by atomic mass is 10.0. The fourth-order valence-corrected chi connectivity index (χ4v) is 2.28. The van der Waals surface area contributed by atoms with Crippen molar-refractivity contribution in [2.24, 2.45) is 5.92 Å². The maximum absolute atomic E-state index is 12.4. The zero-order valence-corrected chi connectivity index (χ0v) is 13.9. The number of nitrogens with one attached hydrogen (secondary N) is 2. The molecule has 0 aliphatic rings. The molecule has 1 aromatic carbocycles. The molecular weight excluding hydrogens is 312 g/mol. The van der Waals surface area contributed by atoms with Crippen LogP contribution in [-0.2, 0) is 20.8 Å². The first-order chi connectivity index (χ1) is 11.3. The van der Waals surface area contributed by atoms with Gasteiger partial charge in [-0.3, -0.25) is 14.9 Å². The van der Waals surface area contributed by atoms with Crippen LogP contribution < -0.4 is 10.6 Å². The summed E-state index contributed by atoms with van der Waals surface area (Å²) >= 11 is 0. The standard InChI is InChI=1S/C17H24N2O5/c1-11(2)8-14(17(23)24)19-16(22)13(18-10-15(20)21)9-12-6-4-3-5-7-12/h3-7,11,13-14,18H,8-10H2,1-2H3,(H,19,22)(H,20,21)(H,23,24)/t13-,14-/m1/s1. The average Bonchev–Trinajstić information content (AvgIpc) is 2.50. The third kappa shape index (κ3) is 7.23. The lowest BCUT2D eigenvalue weighted by molar-refractivity contribution is -0.143. The van der Waals surface area contributed by atoms with Crippen molar-refractivity contribution in [3.8, 4) is 0 Å². The summed E-state index contributed by atoms with van der Waals surface area (Å²) in [6, 6.07) is 7.31. The van der Waals surface area contributed by atoms with E-state index in [1.807, 2.05) is 44.2 Å². The monoisotopic (exact) mass is 336 g/mol. The van der Waals surface area contributed by atoms with E-state index >= 15 is 0 Å². The molecule has 0 radical (unpaired) electrons. The van der Waals surface area contributed by atoms with Gasteiger partial charge in [0.2, 0.25) is 5.91 Å². The molecule has 0 fully saturated rings. The maximum atomic E-state index is 12.4. The van der Waals surface area contributed by atoms with Gasteiger partial charge >= 0.3 is 11.9 Å². The Hall–Kier alpha value is -2.41. The summed E-state index contributed by atoms with van der Waals surface area (Å²) < 4.78 is 0. The summed E-state index contributed by atoms with van der Waals surface area (Å²) in [6.07, 6.45) is 0.575. The van der Waals surface area contributed by atoms with Crippen molar-refractivity contribution < 1.29 is 24.6 Å². The van der Waals surface area contributed by atoms with Crippen molar-refractivity contribution in [2.75, 3.05) is 6.54 Å². The summed E-state index contributed by atoms with van der Waals surface area (Å²) in [5.74, 6) is -2.61. The number of hydrogen-bond donors (Lipinski definition) is 4. The molecule has 1 aromatic rings. The first-order valence-corrected chi connectivity index (χ1v) is 7.82. The van der Waals surface area contributed by atoms with Crippen LogP contribution in [0.15, 0.2) is 30.3 Å². The minimum absolute atomic E-state index is 0.103. The van der Waals surface area contributed by atoms with Crippen molar-refractivity contribution in [3.05, 3.63) is 35.9 Å². The SMILES string of the molecule is CC(C)C[C@@H](NC(=O)[C@@H](Cc1ccccc1)NCC(=O)O)C(=O)O. The number of amides is 1. The summed E-state index contributed by atoms with van der Waals surface area (Å²) in [7, 11) is 0. The highest BCUT2D eigenvalue weighted by molar-refractivity contribution is 5.87. The van der Waals surface area contributed by atoms with E-state index in [9.17, 15) is 19.5 Å². The van der Waals surface area contributed by atoms with Gasteiger partial charge in [-0.05, 0) is 24.3 Å². The first-order valence-electron chi connectivity index (χ1n) is 7.82. The van der Waals surface area contributed by atoms with Crippen molar-refractivity contribution in [1.29, 1.82) is 0 Å². The average molecular weight is 336 g/mol. The highest BCUT2D eigenvalue weighted by atomic mass is 16.4. The van der Waals surface area contributed by atoms with Crippen LogP contribution in [0.1, 0.15) is 25.8 Å². The van der Waals surface area contributed by atoms with E-state index in [0.29, 0.717) is 6.42 Å². The topological polar surface area (TPSA) is 116 Å². The van der Waals surface area contributed by atoms with Gasteiger partial charge in [0.1, 0.15) is 6.04 Å². The first kappa shape index (κ1) is 19.6. The van der Waals surface area contributed by atoms with Gasteiger partial charge in [0.15, 0.2) is 0 Å². The molecule has 0 unspecified atom stereocenters. The molecule has 132 valence electrons. The maximum Gasteiger partial charge on any atom is 0.326 e.